The van der Waals surface area contributed by atoms with Gasteiger partial charge in [0.2, 0.25) is 0 Å². The van der Waals surface area contributed by atoms with Crippen molar-refractivity contribution in [1.29, 1.82) is 0 Å². The van der Waals surface area contributed by atoms with Crippen LogP contribution in [0.1, 0.15) is 16.8 Å². The van der Waals surface area contributed by atoms with Gasteiger partial charge in [-0.15, -0.1) is 6.42 Å². The highest BCUT2D eigenvalue weighted by Crippen LogP contribution is 2.21. The number of sulfone groups is 1. The van der Waals surface area contributed by atoms with E-state index in [0.717, 1.165) is 11.0 Å². The van der Waals surface area contributed by atoms with Gasteiger partial charge in [-0.25, -0.2) is 13.4 Å². The first-order chi connectivity index (χ1) is 10.9. The quantitative estimate of drug-likeness (QED) is 0.781. The second-order valence-electron chi connectivity index (χ2n) is 5.75. The second-order valence-corrected chi connectivity index (χ2v) is 7.98. The minimum atomic E-state index is -3.08. The molecule has 0 saturated carbocycles. The van der Waals surface area contributed by atoms with E-state index in [-0.39, 0.29) is 30.0 Å². The number of rotatable bonds is 3. The van der Waals surface area contributed by atoms with Crippen molar-refractivity contribution < 1.29 is 13.2 Å². The normalized spacial score (nSPS) is 19.6. The summed E-state index contributed by atoms with van der Waals surface area (Å²) in [7, 11) is -1.20. The van der Waals surface area contributed by atoms with Crippen LogP contribution < -0.4 is 0 Å². The molecule has 1 fully saturated rings. The Bertz CT molecular complexity index is 908. The lowest BCUT2D eigenvalue weighted by Gasteiger charge is -2.26. The van der Waals surface area contributed by atoms with E-state index in [1.807, 2.05) is 17.7 Å². The number of aryl methyl sites for hydroxylation is 1. The van der Waals surface area contributed by atoms with Gasteiger partial charge in [-0.3, -0.25) is 4.79 Å². The summed E-state index contributed by atoms with van der Waals surface area (Å²) in [5.74, 6) is 2.28. The molecule has 3 rings (SSSR count). The molecule has 7 heteroatoms. The van der Waals surface area contributed by atoms with Crippen LogP contribution in [0.4, 0.5) is 0 Å². The fraction of sp³-hybridized carbons (Fsp3) is 0.375. The van der Waals surface area contributed by atoms with E-state index >= 15 is 0 Å². The van der Waals surface area contributed by atoms with E-state index in [9.17, 15) is 13.2 Å². The molecular weight excluding hydrogens is 314 g/mol. The Morgan fingerprint density at radius 3 is 2.96 bits per heavy atom. The highest BCUT2D eigenvalue weighted by Gasteiger charge is 2.34. The molecule has 1 aromatic heterocycles. The van der Waals surface area contributed by atoms with E-state index in [0.29, 0.717) is 12.0 Å². The third-order valence-corrected chi connectivity index (χ3v) is 5.89. The summed E-state index contributed by atoms with van der Waals surface area (Å²) in [5, 5.41) is 0. The van der Waals surface area contributed by atoms with Gasteiger partial charge in [0, 0.05) is 18.7 Å². The maximum atomic E-state index is 12.8. The number of carbonyl (C=O) groups is 1. The third-order valence-electron chi connectivity index (χ3n) is 4.14. The van der Waals surface area contributed by atoms with Gasteiger partial charge in [0.15, 0.2) is 9.84 Å². The van der Waals surface area contributed by atoms with Gasteiger partial charge in [0.25, 0.3) is 5.91 Å². The van der Waals surface area contributed by atoms with Crippen LogP contribution >= 0.6 is 0 Å². The number of aromatic nitrogens is 2. The van der Waals surface area contributed by atoms with Gasteiger partial charge < -0.3 is 9.47 Å². The predicted octanol–water partition coefficient (Wildman–Crippen LogP) is 0.836. The molecule has 1 aliphatic heterocycles. The molecule has 1 aromatic carbocycles. The number of carbonyl (C=O) groups excluding carboxylic acids is 1. The highest BCUT2D eigenvalue weighted by molar-refractivity contribution is 7.91. The Morgan fingerprint density at radius 1 is 1.52 bits per heavy atom. The number of fused-ring (bicyclic) bond motifs is 1. The van der Waals surface area contributed by atoms with E-state index in [1.54, 1.807) is 18.5 Å². The van der Waals surface area contributed by atoms with Crippen LogP contribution in [0.25, 0.3) is 11.0 Å². The Balaban J connectivity index is 1.92. The van der Waals surface area contributed by atoms with Crippen molar-refractivity contribution in [1.82, 2.24) is 14.5 Å². The zero-order valence-corrected chi connectivity index (χ0v) is 13.6. The van der Waals surface area contributed by atoms with Crippen LogP contribution in [0.5, 0.6) is 0 Å². The SMILES string of the molecule is C#CCN(C(=O)c1ccc2c(c1)ncn2C)[C@H]1CCS(=O)(=O)C1. The van der Waals surface area contributed by atoms with E-state index in [1.165, 1.54) is 4.90 Å². The number of hydrogen-bond acceptors (Lipinski definition) is 4. The maximum Gasteiger partial charge on any atom is 0.255 e. The molecule has 120 valence electrons. The minimum absolute atomic E-state index is 0.0216. The van der Waals surface area contributed by atoms with E-state index in [4.69, 9.17) is 6.42 Å². The molecule has 0 radical (unpaired) electrons. The van der Waals surface area contributed by atoms with Crippen LogP contribution in [0.2, 0.25) is 0 Å². The van der Waals surface area contributed by atoms with Crippen LogP contribution in [-0.4, -0.2) is 52.9 Å². The zero-order valence-electron chi connectivity index (χ0n) is 12.8. The monoisotopic (exact) mass is 331 g/mol. The Kier molecular flexibility index (Phi) is 3.86. The topological polar surface area (TPSA) is 72.3 Å². The molecule has 1 aliphatic rings. The molecule has 0 bridgehead atoms. The van der Waals surface area contributed by atoms with Crippen molar-refractivity contribution in [3.8, 4) is 12.3 Å². The molecule has 1 saturated heterocycles. The average molecular weight is 331 g/mol. The smallest absolute Gasteiger partial charge is 0.255 e. The zero-order chi connectivity index (χ0) is 16.6. The summed E-state index contributed by atoms with van der Waals surface area (Å²) in [4.78, 5) is 18.5. The summed E-state index contributed by atoms with van der Waals surface area (Å²) in [6.07, 6.45) is 7.48. The van der Waals surface area contributed by atoms with Gasteiger partial charge in [0.1, 0.15) is 0 Å². The van der Waals surface area contributed by atoms with Crippen molar-refractivity contribution in [2.45, 2.75) is 12.5 Å². The van der Waals surface area contributed by atoms with E-state index < -0.39 is 9.84 Å². The van der Waals surface area contributed by atoms with Crippen LogP contribution in [0, 0.1) is 12.3 Å². The van der Waals surface area contributed by atoms with Gasteiger partial charge in [-0.05, 0) is 24.6 Å². The molecule has 1 atom stereocenters. The van der Waals surface area contributed by atoms with Gasteiger partial charge in [-0.2, -0.15) is 0 Å². The molecule has 1 amide bonds. The molecule has 0 unspecified atom stereocenters. The van der Waals surface area contributed by atoms with Crippen LogP contribution in [0.15, 0.2) is 24.5 Å². The van der Waals surface area contributed by atoms with Gasteiger partial charge in [0.05, 0.1) is 35.4 Å². The van der Waals surface area contributed by atoms with Crippen molar-refractivity contribution in [2.75, 3.05) is 18.1 Å². The standard InChI is InChI=1S/C16H17N3O3S/c1-3-7-19(13-6-8-23(21,22)10-13)16(20)12-4-5-15-14(9-12)17-11-18(15)2/h1,4-5,9,11,13H,6-8,10H2,2H3/t13-/m0/s1. The summed E-state index contributed by atoms with van der Waals surface area (Å²) in [5.41, 5.74) is 2.11. The first kappa shape index (κ1) is 15.6. The first-order valence-electron chi connectivity index (χ1n) is 7.27. The van der Waals surface area contributed by atoms with Crippen LogP contribution in [0.3, 0.4) is 0 Å². The average Bonchev–Trinajstić information content (AvgIpc) is 3.06. The van der Waals surface area contributed by atoms with Crippen LogP contribution in [-0.2, 0) is 16.9 Å². The summed E-state index contributed by atoms with van der Waals surface area (Å²) in [6.45, 7) is 0.0965. The van der Waals surface area contributed by atoms with Gasteiger partial charge >= 0.3 is 0 Å². The lowest BCUT2D eigenvalue weighted by atomic mass is 10.1. The number of terminal acetylenes is 1. The second kappa shape index (κ2) is 5.70. The molecule has 0 spiro atoms. The largest absolute Gasteiger partial charge is 0.334 e. The molecule has 2 aromatic rings. The summed E-state index contributed by atoms with van der Waals surface area (Å²) in [6, 6.07) is 4.90. The molecule has 2 heterocycles. The van der Waals surface area contributed by atoms with Crippen molar-refractivity contribution >= 4 is 26.8 Å². The molecule has 0 N–H and O–H groups in total. The van der Waals surface area contributed by atoms with Crippen molar-refractivity contribution in [2.24, 2.45) is 7.05 Å². The molecule has 23 heavy (non-hydrogen) atoms. The highest BCUT2D eigenvalue weighted by atomic mass is 32.2. The predicted molar refractivity (Wildman–Crippen MR) is 87.6 cm³/mol. The number of imidazole rings is 1. The molecule has 0 aliphatic carbocycles. The van der Waals surface area contributed by atoms with Crippen molar-refractivity contribution in [3.63, 3.8) is 0 Å². The summed E-state index contributed by atoms with van der Waals surface area (Å²) < 4.78 is 25.2. The number of hydrogen-bond donors (Lipinski definition) is 0. The number of amides is 1. The Hall–Kier alpha value is -2.33. The number of nitrogens with zero attached hydrogens (tertiary/aromatic N) is 3. The van der Waals surface area contributed by atoms with E-state index in [2.05, 4.69) is 10.9 Å². The molecular formula is C16H17N3O3S. The Morgan fingerprint density at radius 2 is 2.30 bits per heavy atom. The Labute approximate surface area is 135 Å². The lowest BCUT2D eigenvalue weighted by Crippen LogP contribution is -2.41. The molecule has 6 nitrogen and oxygen atoms in total. The summed E-state index contributed by atoms with van der Waals surface area (Å²) >= 11 is 0. The van der Waals surface area contributed by atoms with Crippen molar-refractivity contribution in [3.05, 3.63) is 30.1 Å². The fourth-order valence-electron chi connectivity index (χ4n) is 2.92. The number of benzene rings is 1. The fourth-order valence-corrected chi connectivity index (χ4v) is 4.65. The first-order valence-corrected chi connectivity index (χ1v) is 9.09. The lowest BCUT2D eigenvalue weighted by molar-refractivity contribution is 0.0724. The maximum absolute atomic E-state index is 12.8. The third kappa shape index (κ3) is 2.94. The van der Waals surface area contributed by atoms with Gasteiger partial charge in [-0.1, -0.05) is 5.92 Å². The minimum Gasteiger partial charge on any atom is -0.334 e.